The number of pyridine rings is 1. The minimum Gasteiger partial charge on any atom is -0.392 e. The first-order chi connectivity index (χ1) is 8.65. The van der Waals surface area contributed by atoms with Gasteiger partial charge < -0.3 is 5.11 Å². The van der Waals surface area contributed by atoms with Crippen LogP contribution in [0.25, 0.3) is 10.9 Å². The van der Waals surface area contributed by atoms with Crippen molar-refractivity contribution in [3.05, 3.63) is 42.1 Å². The summed E-state index contributed by atoms with van der Waals surface area (Å²) >= 11 is 1.78. The van der Waals surface area contributed by atoms with Crippen molar-refractivity contribution in [2.24, 2.45) is 0 Å². The van der Waals surface area contributed by atoms with E-state index in [2.05, 4.69) is 31.0 Å². The third-order valence-electron chi connectivity index (χ3n) is 2.72. The first kappa shape index (κ1) is 13.4. The average Bonchev–Trinajstić information content (AvgIpc) is 2.36. The van der Waals surface area contributed by atoms with E-state index in [0.717, 1.165) is 22.3 Å². The van der Waals surface area contributed by atoms with E-state index < -0.39 is 0 Å². The molecule has 1 heterocycles. The first-order valence-electron chi connectivity index (χ1n) is 6.29. The first-order valence-corrected chi connectivity index (χ1v) is 7.34. The summed E-state index contributed by atoms with van der Waals surface area (Å²) in [7, 11) is 0. The van der Waals surface area contributed by atoms with E-state index in [1.54, 1.807) is 11.8 Å². The lowest BCUT2D eigenvalue weighted by Crippen LogP contribution is -2.15. The normalized spacial score (nSPS) is 13.1. The molecule has 2 nitrogen and oxygen atoms in total. The number of benzene rings is 1. The Hall–Kier alpha value is -1.06. The maximum Gasteiger partial charge on any atom is 0.0705 e. The second-order valence-electron chi connectivity index (χ2n) is 4.74. The molecule has 0 aliphatic heterocycles. The summed E-state index contributed by atoms with van der Waals surface area (Å²) in [5.74, 6) is 0.770. The Balaban J connectivity index is 2.03. The molecule has 0 radical (unpaired) electrons. The summed E-state index contributed by atoms with van der Waals surface area (Å²) in [4.78, 5) is 4.57. The van der Waals surface area contributed by atoms with Crippen molar-refractivity contribution in [3.63, 3.8) is 0 Å². The van der Waals surface area contributed by atoms with E-state index in [-0.39, 0.29) is 6.10 Å². The second kappa shape index (κ2) is 6.21. The van der Waals surface area contributed by atoms with Gasteiger partial charge in [-0.1, -0.05) is 38.1 Å². The third-order valence-corrected chi connectivity index (χ3v) is 3.97. The molecule has 0 amide bonds. The number of nitrogens with zero attached hydrogens (tertiary/aromatic N) is 1. The molecule has 0 aliphatic rings. The fourth-order valence-corrected chi connectivity index (χ4v) is 2.55. The van der Waals surface area contributed by atoms with E-state index in [1.165, 1.54) is 0 Å². The summed E-state index contributed by atoms with van der Waals surface area (Å²) in [6, 6.07) is 12.1. The van der Waals surface area contributed by atoms with Gasteiger partial charge in [0, 0.05) is 23.3 Å². The third kappa shape index (κ3) is 3.72. The molecule has 1 aromatic carbocycles. The molecule has 3 heteroatoms. The van der Waals surface area contributed by atoms with E-state index in [1.807, 2.05) is 24.3 Å². The van der Waals surface area contributed by atoms with E-state index in [9.17, 15) is 5.11 Å². The van der Waals surface area contributed by atoms with Gasteiger partial charge in [-0.05, 0) is 17.4 Å². The van der Waals surface area contributed by atoms with Crippen molar-refractivity contribution in [2.45, 2.75) is 31.6 Å². The minimum absolute atomic E-state index is 0.314. The van der Waals surface area contributed by atoms with Crippen molar-refractivity contribution < 1.29 is 5.11 Å². The van der Waals surface area contributed by atoms with Crippen LogP contribution < -0.4 is 0 Å². The summed E-state index contributed by atoms with van der Waals surface area (Å²) in [6.45, 7) is 4.29. The summed E-state index contributed by atoms with van der Waals surface area (Å²) in [6.07, 6.45) is 0.316. The van der Waals surface area contributed by atoms with Crippen LogP contribution in [0.1, 0.15) is 19.5 Å². The molecule has 1 aromatic heterocycles. The second-order valence-corrected chi connectivity index (χ2v) is 6.34. The van der Waals surface area contributed by atoms with Crippen LogP contribution in [0.5, 0.6) is 0 Å². The van der Waals surface area contributed by atoms with Gasteiger partial charge in [0.25, 0.3) is 0 Å². The summed E-state index contributed by atoms with van der Waals surface area (Å²) < 4.78 is 0. The fourth-order valence-electron chi connectivity index (χ4n) is 1.83. The van der Waals surface area contributed by atoms with Crippen molar-refractivity contribution in [2.75, 3.05) is 5.75 Å². The van der Waals surface area contributed by atoms with Gasteiger partial charge in [-0.15, -0.1) is 0 Å². The van der Waals surface area contributed by atoms with Crippen molar-refractivity contribution >= 4 is 22.7 Å². The van der Waals surface area contributed by atoms with Gasteiger partial charge in [-0.25, -0.2) is 0 Å². The Labute approximate surface area is 112 Å². The van der Waals surface area contributed by atoms with Gasteiger partial charge in [0.2, 0.25) is 0 Å². The Morgan fingerprint density at radius 3 is 2.72 bits per heavy atom. The van der Waals surface area contributed by atoms with Crippen LogP contribution in [0, 0.1) is 0 Å². The van der Waals surface area contributed by atoms with Crippen LogP contribution in [-0.4, -0.2) is 27.2 Å². The number of aliphatic hydroxyl groups is 1. The molecule has 0 spiro atoms. The highest BCUT2D eigenvalue weighted by atomic mass is 32.2. The van der Waals surface area contributed by atoms with Gasteiger partial charge in [0.1, 0.15) is 0 Å². The number of aliphatic hydroxyl groups excluding tert-OH is 1. The van der Waals surface area contributed by atoms with Gasteiger partial charge in [-0.2, -0.15) is 11.8 Å². The molecule has 0 saturated carbocycles. The van der Waals surface area contributed by atoms with Crippen LogP contribution in [0.15, 0.2) is 36.4 Å². The number of hydrogen-bond acceptors (Lipinski definition) is 3. The molecule has 2 aromatic rings. The highest BCUT2D eigenvalue weighted by molar-refractivity contribution is 7.99. The SMILES string of the molecule is CC(C)SCC(O)Cc1ccc2ccccc2n1. The molecule has 0 saturated heterocycles. The lowest BCUT2D eigenvalue weighted by Gasteiger charge is -2.11. The predicted molar refractivity (Wildman–Crippen MR) is 79.0 cm³/mol. The number of rotatable bonds is 5. The van der Waals surface area contributed by atoms with Gasteiger partial charge in [0.05, 0.1) is 11.6 Å². The van der Waals surface area contributed by atoms with E-state index in [4.69, 9.17) is 0 Å². The van der Waals surface area contributed by atoms with Crippen LogP contribution in [0.2, 0.25) is 0 Å². The van der Waals surface area contributed by atoms with Crippen molar-refractivity contribution in [1.82, 2.24) is 4.98 Å². The van der Waals surface area contributed by atoms with Crippen molar-refractivity contribution in [3.8, 4) is 0 Å². The van der Waals surface area contributed by atoms with Crippen molar-refractivity contribution in [1.29, 1.82) is 0 Å². The lowest BCUT2D eigenvalue weighted by molar-refractivity contribution is 0.199. The number of hydrogen-bond donors (Lipinski definition) is 1. The molecule has 0 aliphatic carbocycles. The Morgan fingerprint density at radius 2 is 1.94 bits per heavy atom. The zero-order valence-corrected chi connectivity index (χ0v) is 11.7. The van der Waals surface area contributed by atoms with Crippen LogP contribution >= 0.6 is 11.8 Å². The molecule has 2 rings (SSSR count). The molecule has 1 unspecified atom stereocenters. The van der Waals surface area contributed by atoms with Gasteiger partial charge >= 0.3 is 0 Å². The predicted octanol–water partition coefficient (Wildman–Crippen LogP) is 3.28. The Bertz CT molecular complexity index is 513. The van der Waals surface area contributed by atoms with E-state index in [0.29, 0.717) is 11.7 Å². The molecular formula is C15H19NOS. The van der Waals surface area contributed by atoms with E-state index >= 15 is 0 Å². The number of thioether (sulfide) groups is 1. The monoisotopic (exact) mass is 261 g/mol. The smallest absolute Gasteiger partial charge is 0.0705 e. The molecular weight excluding hydrogens is 242 g/mol. The molecule has 1 N–H and O–H groups in total. The Morgan fingerprint density at radius 1 is 1.17 bits per heavy atom. The minimum atomic E-state index is -0.314. The lowest BCUT2D eigenvalue weighted by atomic mass is 10.1. The fraction of sp³-hybridized carbons (Fsp3) is 0.400. The summed E-state index contributed by atoms with van der Waals surface area (Å²) in [5, 5.41) is 11.7. The number of para-hydroxylation sites is 1. The molecule has 0 fully saturated rings. The van der Waals surface area contributed by atoms with Crippen LogP contribution in [-0.2, 0) is 6.42 Å². The zero-order chi connectivity index (χ0) is 13.0. The highest BCUT2D eigenvalue weighted by Gasteiger charge is 2.08. The molecule has 0 bridgehead atoms. The molecule has 1 atom stereocenters. The van der Waals surface area contributed by atoms with Gasteiger partial charge in [0.15, 0.2) is 0 Å². The number of aromatic nitrogens is 1. The summed E-state index contributed by atoms with van der Waals surface area (Å²) in [5.41, 5.74) is 1.96. The topological polar surface area (TPSA) is 33.1 Å². The Kier molecular flexibility index (Phi) is 4.61. The maximum absolute atomic E-state index is 9.96. The van der Waals surface area contributed by atoms with Crippen LogP contribution in [0.3, 0.4) is 0 Å². The highest BCUT2D eigenvalue weighted by Crippen LogP contribution is 2.15. The average molecular weight is 261 g/mol. The van der Waals surface area contributed by atoms with Crippen LogP contribution in [0.4, 0.5) is 0 Å². The zero-order valence-electron chi connectivity index (χ0n) is 10.8. The molecule has 18 heavy (non-hydrogen) atoms. The maximum atomic E-state index is 9.96. The quantitative estimate of drug-likeness (QED) is 0.896. The van der Waals surface area contributed by atoms with Gasteiger partial charge in [-0.3, -0.25) is 4.98 Å². The standard InChI is InChI=1S/C15H19NOS/c1-11(2)18-10-14(17)9-13-8-7-12-5-3-4-6-15(12)16-13/h3-8,11,14,17H,9-10H2,1-2H3. The number of fused-ring (bicyclic) bond motifs is 1. The molecule has 96 valence electrons. The largest absolute Gasteiger partial charge is 0.392 e.